The fourth-order valence-corrected chi connectivity index (χ4v) is 2.48. The third kappa shape index (κ3) is 2.50. The van der Waals surface area contributed by atoms with Crippen molar-refractivity contribution in [1.29, 1.82) is 0 Å². The van der Waals surface area contributed by atoms with Crippen molar-refractivity contribution in [3.05, 3.63) is 28.2 Å². The van der Waals surface area contributed by atoms with Gasteiger partial charge in [0, 0.05) is 10.5 Å². The third-order valence-electron chi connectivity index (χ3n) is 1.70. The number of hydrogen-bond donors (Lipinski definition) is 1. The molecule has 0 spiro atoms. The highest BCUT2D eigenvalue weighted by molar-refractivity contribution is 9.10. The fraction of sp³-hybridized carbons (Fsp3) is 0.222. The lowest BCUT2D eigenvalue weighted by molar-refractivity contribution is 0.0696. The quantitative estimate of drug-likeness (QED) is 0.862. The molecule has 1 atom stereocenters. The number of carboxylic acid groups (broad SMARTS) is 1. The van der Waals surface area contributed by atoms with Gasteiger partial charge in [-0.15, -0.1) is 0 Å². The van der Waals surface area contributed by atoms with Gasteiger partial charge in [0.2, 0.25) is 0 Å². The van der Waals surface area contributed by atoms with Gasteiger partial charge < -0.3 is 9.66 Å². The summed E-state index contributed by atoms with van der Waals surface area (Å²) >= 11 is 2.08. The van der Waals surface area contributed by atoms with Gasteiger partial charge >= 0.3 is 5.97 Å². The lowest BCUT2D eigenvalue weighted by Gasteiger charge is -2.08. The van der Waals surface area contributed by atoms with Crippen molar-refractivity contribution >= 4 is 33.1 Å². The molecule has 0 aliphatic heterocycles. The monoisotopic (exact) mass is 276 g/mol. The highest BCUT2D eigenvalue weighted by atomic mass is 79.9. The standard InChI is InChI=1S/C9H9BrO3S/c1-2-14(13)6-3-4-7(9(11)12)8(10)5-6/h3-5H,2H2,1H3,(H,11,12). The second-order valence-corrected chi connectivity index (χ2v) is 5.18. The van der Waals surface area contributed by atoms with Gasteiger partial charge in [-0.05, 0) is 46.2 Å². The van der Waals surface area contributed by atoms with Gasteiger partial charge in [-0.2, -0.15) is 0 Å². The Morgan fingerprint density at radius 1 is 1.64 bits per heavy atom. The molecule has 0 amide bonds. The Bertz CT molecular complexity index is 354. The van der Waals surface area contributed by atoms with E-state index in [4.69, 9.17) is 5.11 Å². The summed E-state index contributed by atoms with van der Waals surface area (Å²) in [6, 6.07) is 4.62. The van der Waals surface area contributed by atoms with Crippen LogP contribution in [0.4, 0.5) is 0 Å². The zero-order chi connectivity index (χ0) is 10.7. The summed E-state index contributed by atoms with van der Waals surface area (Å²) in [5.74, 6) is -0.468. The Hall–Kier alpha value is -0.520. The van der Waals surface area contributed by atoms with E-state index < -0.39 is 17.1 Å². The molecule has 1 N–H and O–H groups in total. The topological polar surface area (TPSA) is 60.4 Å². The van der Waals surface area contributed by atoms with Crippen molar-refractivity contribution in [3.63, 3.8) is 0 Å². The molecule has 0 radical (unpaired) electrons. The molecular weight excluding hydrogens is 268 g/mol. The maximum absolute atomic E-state index is 11.4. The first-order valence-corrected chi connectivity index (χ1v) is 6.08. The predicted molar refractivity (Wildman–Crippen MR) is 58.1 cm³/mol. The predicted octanol–water partition coefficient (Wildman–Crippen LogP) is 2.27. The van der Waals surface area contributed by atoms with Crippen molar-refractivity contribution in [3.8, 4) is 0 Å². The maximum atomic E-state index is 11.4. The van der Waals surface area contributed by atoms with Crippen LogP contribution in [0.25, 0.3) is 0 Å². The van der Waals surface area contributed by atoms with Gasteiger partial charge in [-0.1, -0.05) is 0 Å². The van der Waals surface area contributed by atoms with E-state index in [0.29, 0.717) is 15.1 Å². The van der Waals surface area contributed by atoms with E-state index >= 15 is 0 Å². The van der Waals surface area contributed by atoms with Crippen LogP contribution >= 0.6 is 15.9 Å². The smallest absolute Gasteiger partial charge is 0.336 e. The third-order valence-corrected chi connectivity index (χ3v) is 3.66. The molecule has 1 aromatic carbocycles. The molecular formula is C9H9BrO3S. The van der Waals surface area contributed by atoms with Crippen LogP contribution in [0.5, 0.6) is 0 Å². The van der Waals surface area contributed by atoms with Gasteiger partial charge in [-0.25, -0.2) is 4.79 Å². The molecule has 0 fully saturated rings. The zero-order valence-corrected chi connectivity index (χ0v) is 9.89. The molecule has 5 heteroatoms. The SMILES string of the molecule is CC[S+]([O-])c1ccc(C(=O)O)c(Br)c1. The summed E-state index contributed by atoms with van der Waals surface area (Å²) < 4.78 is 11.9. The second kappa shape index (κ2) is 4.82. The van der Waals surface area contributed by atoms with Crippen molar-refractivity contribution in [2.24, 2.45) is 0 Å². The molecule has 3 nitrogen and oxygen atoms in total. The number of carboxylic acids is 1. The van der Waals surface area contributed by atoms with Crippen LogP contribution in [0.2, 0.25) is 0 Å². The number of carbonyl (C=O) groups is 1. The van der Waals surface area contributed by atoms with E-state index in [1.165, 1.54) is 6.07 Å². The molecule has 0 heterocycles. The molecule has 0 bridgehead atoms. The van der Waals surface area contributed by atoms with E-state index in [-0.39, 0.29) is 5.56 Å². The number of rotatable bonds is 3. The largest absolute Gasteiger partial charge is 0.611 e. The van der Waals surface area contributed by atoms with Crippen molar-refractivity contribution < 1.29 is 14.5 Å². The first-order chi connectivity index (χ1) is 6.56. The van der Waals surface area contributed by atoms with Crippen molar-refractivity contribution in [1.82, 2.24) is 0 Å². The van der Waals surface area contributed by atoms with E-state index in [1.54, 1.807) is 12.1 Å². The van der Waals surface area contributed by atoms with Crippen LogP contribution in [0.15, 0.2) is 27.6 Å². The van der Waals surface area contributed by atoms with Gasteiger partial charge in [0.1, 0.15) is 5.75 Å². The van der Waals surface area contributed by atoms with E-state index in [2.05, 4.69) is 15.9 Å². The average molecular weight is 277 g/mol. The average Bonchev–Trinajstić information content (AvgIpc) is 2.15. The molecule has 1 rings (SSSR count). The Kier molecular flexibility index (Phi) is 3.97. The molecule has 76 valence electrons. The summed E-state index contributed by atoms with van der Waals surface area (Å²) in [5.41, 5.74) is 0.182. The molecule has 0 aliphatic rings. The van der Waals surface area contributed by atoms with Crippen LogP contribution in [-0.4, -0.2) is 21.4 Å². The van der Waals surface area contributed by atoms with Gasteiger partial charge in [-0.3, -0.25) is 0 Å². The van der Waals surface area contributed by atoms with Gasteiger partial charge in [0.05, 0.1) is 5.56 Å². The Morgan fingerprint density at radius 3 is 2.71 bits per heavy atom. The van der Waals surface area contributed by atoms with E-state index in [0.717, 1.165) is 0 Å². The molecule has 1 unspecified atom stereocenters. The van der Waals surface area contributed by atoms with Crippen LogP contribution < -0.4 is 0 Å². The minimum absolute atomic E-state index is 0.182. The minimum atomic E-state index is -1.05. The Morgan fingerprint density at radius 2 is 2.29 bits per heavy atom. The Balaban J connectivity index is 3.06. The zero-order valence-electron chi connectivity index (χ0n) is 7.49. The normalized spacial score (nSPS) is 12.5. The molecule has 0 saturated carbocycles. The van der Waals surface area contributed by atoms with Gasteiger partial charge in [0.15, 0.2) is 4.90 Å². The van der Waals surface area contributed by atoms with Crippen molar-refractivity contribution in [2.45, 2.75) is 11.8 Å². The van der Waals surface area contributed by atoms with E-state index in [9.17, 15) is 9.35 Å². The molecule has 0 aromatic heterocycles. The molecule has 0 aliphatic carbocycles. The van der Waals surface area contributed by atoms with Crippen LogP contribution in [0, 0.1) is 0 Å². The number of benzene rings is 1. The first-order valence-electron chi connectivity index (χ1n) is 3.97. The summed E-state index contributed by atoms with van der Waals surface area (Å²) in [4.78, 5) is 11.3. The van der Waals surface area contributed by atoms with Crippen LogP contribution in [0.3, 0.4) is 0 Å². The van der Waals surface area contributed by atoms with Crippen LogP contribution in [0.1, 0.15) is 17.3 Å². The molecule has 1 aromatic rings. The highest BCUT2D eigenvalue weighted by Gasteiger charge is 2.13. The number of halogens is 1. The lowest BCUT2D eigenvalue weighted by atomic mass is 10.2. The first kappa shape index (κ1) is 11.6. The molecule has 14 heavy (non-hydrogen) atoms. The summed E-state index contributed by atoms with van der Waals surface area (Å²) in [6.07, 6.45) is 0. The van der Waals surface area contributed by atoms with E-state index in [1.807, 2.05) is 6.92 Å². The van der Waals surface area contributed by atoms with Gasteiger partial charge in [0.25, 0.3) is 0 Å². The minimum Gasteiger partial charge on any atom is -0.611 e. The molecule has 0 saturated heterocycles. The number of aromatic carboxylic acids is 1. The summed E-state index contributed by atoms with van der Waals surface area (Å²) in [7, 11) is 0. The maximum Gasteiger partial charge on any atom is 0.336 e. The summed E-state index contributed by atoms with van der Waals surface area (Å²) in [6.45, 7) is 1.81. The highest BCUT2D eigenvalue weighted by Crippen LogP contribution is 2.22. The second-order valence-electron chi connectivity index (χ2n) is 2.58. The summed E-state index contributed by atoms with van der Waals surface area (Å²) in [5, 5.41) is 8.75. The Labute approximate surface area is 93.4 Å². The van der Waals surface area contributed by atoms with Crippen LogP contribution in [-0.2, 0) is 11.2 Å². The lowest BCUT2D eigenvalue weighted by Crippen LogP contribution is -2.05. The van der Waals surface area contributed by atoms with Crippen molar-refractivity contribution in [2.75, 3.05) is 5.75 Å². The fourth-order valence-electron chi connectivity index (χ4n) is 0.978. The number of hydrogen-bond acceptors (Lipinski definition) is 2.